The lowest BCUT2D eigenvalue weighted by molar-refractivity contribution is -0.139. The quantitative estimate of drug-likeness (QED) is 0.523. The Morgan fingerprint density at radius 1 is 1.13 bits per heavy atom. The summed E-state index contributed by atoms with van der Waals surface area (Å²) in [5, 5.41) is 3.79. The lowest BCUT2D eigenvalue weighted by Gasteiger charge is -2.31. The largest absolute Gasteiger partial charge is 0.352 e. The lowest BCUT2D eigenvalue weighted by atomic mass is 9.95. The first-order valence-corrected chi connectivity index (χ1v) is 12.3. The molecule has 4 nitrogen and oxygen atoms in total. The fraction of sp³-hybridized carbons (Fsp3) is 0.440. The Bertz CT molecular complexity index is 881. The second-order valence-corrected chi connectivity index (χ2v) is 9.76. The number of halogens is 1. The van der Waals surface area contributed by atoms with Crippen LogP contribution in [-0.2, 0) is 16.1 Å². The van der Waals surface area contributed by atoms with Crippen molar-refractivity contribution in [3.05, 3.63) is 64.7 Å². The van der Waals surface area contributed by atoms with Gasteiger partial charge in [0.15, 0.2) is 0 Å². The second-order valence-electron chi connectivity index (χ2n) is 8.27. The summed E-state index contributed by atoms with van der Waals surface area (Å²) in [7, 11) is 0. The fourth-order valence-electron chi connectivity index (χ4n) is 3.85. The minimum Gasteiger partial charge on any atom is -0.352 e. The zero-order valence-electron chi connectivity index (χ0n) is 18.3. The Balaban J connectivity index is 1.70. The van der Waals surface area contributed by atoms with E-state index in [4.69, 9.17) is 11.6 Å². The molecule has 1 atom stereocenters. The van der Waals surface area contributed by atoms with Crippen LogP contribution in [0.2, 0.25) is 5.02 Å². The van der Waals surface area contributed by atoms with E-state index in [0.717, 1.165) is 36.1 Å². The standard InChI is InChI=1S/C25H31ClN2O2S/c1-18-11-13-23(14-12-18)31-17-24(29)28(16-20-7-6-8-21(26)15-20)19(2)25(30)27-22-9-4-3-5-10-22/h6-8,11-15,19,22H,3-5,9-10,16-17H2,1-2H3,(H,27,30)/t19-/m1/s1. The van der Waals surface area contributed by atoms with E-state index in [0.29, 0.717) is 11.6 Å². The molecule has 1 fully saturated rings. The number of nitrogens with one attached hydrogen (secondary N) is 1. The molecule has 1 aliphatic rings. The SMILES string of the molecule is Cc1ccc(SCC(=O)N(Cc2cccc(Cl)c2)[C@H](C)C(=O)NC2CCCCC2)cc1. The van der Waals surface area contributed by atoms with Crippen LogP contribution >= 0.6 is 23.4 Å². The number of hydrogen-bond acceptors (Lipinski definition) is 3. The molecule has 1 saturated carbocycles. The molecule has 1 aliphatic carbocycles. The topological polar surface area (TPSA) is 49.4 Å². The third kappa shape index (κ3) is 7.29. The molecule has 1 N–H and O–H groups in total. The Morgan fingerprint density at radius 3 is 2.52 bits per heavy atom. The van der Waals surface area contributed by atoms with Crippen LogP contribution in [0, 0.1) is 6.92 Å². The van der Waals surface area contributed by atoms with Gasteiger partial charge >= 0.3 is 0 Å². The molecular weight excluding hydrogens is 428 g/mol. The molecule has 2 aromatic rings. The Labute approximate surface area is 194 Å². The second kappa shape index (κ2) is 11.6. The summed E-state index contributed by atoms with van der Waals surface area (Å²) in [5.41, 5.74) is 2.10. The number of thioether (sulfide) groups is 1. The van der Waals surface area contributed by atoms with Crippen LogP contribution in [0.4, 0.5) is 0 Å². The van der Waals surface area contributed by atoms with Crippen LogP contribution in [0.3, 0.4) is 0 Å². The molecule has 0 heterocycles. The number of aryl methyl sites for hydroxylation is 1. The molecule has 0 aliphatic heterocycles. The van der Waals surface area contributed by atoms with E-state index in [-0.39, 0.29) is 23.6 Å². The fourth-order valence-corrected chi connectivity index (χ4v) is 4.84. The molecule has 2 aromatic carbocycles. The van der Waals surface area contributed by atoms with Gasteiger partial charge in [-0.15, -0.1) is 11.8 Å². The van der Waals surface area contributed by atoms with Gasteiger partial charge < -0.3 is 10.2 Å². The van der Waals surface area contributed by atoms with Gasteiger partial charge in [0.2, 0.25) is 11.8 Å². The maximum atomic E-state index is 13.2. The highest BCUT2D eigenvalue weighted by atomic mass is 35.5. The number of carbonyl (C=O) groups is 2. The van der Waals surface area contributed by atoms with Crippen molar-refractivity contribution >= 4 is 35.2 Å². The first-order valence-electron chi connectivity index (χ1n) is 11.0. The van der Waals surface area contributed by atoms with Gasteiger partial charge in [-0.1, -0.05) is 60.7 Å². The molecular formula is C25H31ClN2O2S. The maximum Gasteiger partial charge on any atom is 0.242 e. The van der Waals surface area contributed by atoms with Crippen molar-refractivity contribution in [2.45, 2.75) is 69.5 Å². The van der Waals surface area contributed by atoms with Crippen LogP contribution < -0.4 is 5.32 Å². The number of carbonyl (C=O) groups excluding carboxylic acids is 2. The van der Waals surface area contributed by atoms with Gasteiger partial charge in [-0.3, -0.25) is 9.59 Å². The van der Waals surface area contributed by atoms with E-state index in [1.54, 1.807) is 4.90 Å². The van der Waals surface area contributed by atoms with Gasteiger partial charge in [-0.2, -0.15) is 0 Å². The molecule has 0 saturated heterocycles. The molecule has 31 heavy (non-hydrogen) atoms. The smallest absolute Gasteiger partial charge is 0.242 e. The summed E-state index contributed by atoms with van der Waals surface area (Å²) in [6.07, 6.45) is 5.57. The number of hydrogen-bond donors (Lipinski definition) is 1. The first kappa shape index (κ1) is 23.7. The van der Waals surface area contributed by atoms with Crippen LogP contribution in [0.15, 0.2) is 53.4 Å². The highest BCUT2D eigenvalue weighted by Gasteiger charge is 2.28. The van der Waals surface area contributed by atoms with E-state index < -0.39 is 6.04 Å². The van der Waals surface area contributed by atoms with Crippen molar-refractivity contribution < 1.29 is 9.59 Å². The summed E-state index contributed by atoms with van der Waals surface area (Å²) in [5.74, 6) is 0.143. The predicted octanol–water partition coefficient (Wildman–Crippen LogP) is 5.61. The predicted molar refractivity (Wildman–Crippen MR) is 128 cm³/mol. The summed E-state index contributed by atoms with van der Waals surface area (Å²) in [6, 6.07) is 15.2. The molecule has 0 spiro atoms. The van der Waals surface area contributed by atoms with Crippen molar-refractivity contribution in [2.75, 3.05) is 5.75 Å². The van der Waals surface area contributed by atoms with Gasteiger partial charge in [0.1, 0.15) is 6.04 Å². The van der Waals surface area contributed by atoms with Gasteiger partial charge in [-0.25, -0.2) is 0 Å². The molecule has 2 amide bonds. The third-order valence-corrected chi connectivity index (χ3v) is 6.98. The molecule has 6 heteroatoms. The Kier molecular flexibility index (Phi) is 8.85. The average Bonchev–Trinajstić information content (AvgIpc) is 2.77. The van der Waals surface area contributed by atoms with E-state index in [1.807, 2.05) is 62.4 Å². The lowest BCUT2D eigenvalue weighted by Crippen LogP contribution is -2.50. The Morgan fingerprint density at radius 2 is 1.84 bits per heavy atom. The molecule has 0 aromatic heterocycles. The van der Waals surface area contributed by atoms with E-state index >= 15 is 0 Å². The minimum absolute atomic E-state index is 0.0585. The summed E-state index contributed by atoms with van der Waals surface area (Å²) in [4.78, 5) is 28.9. The van der Waals surface area contributed by atoms with Gasteiger partial charge in [-0.05, 0) is 56.5 Å². The molecule has 0 unspecified atom stereocenters. The maximum absolute atomic E-state index is 13.2. The molecule has 0 radical (unpaired) electrons. The third-order valence-electron chi connectivity index (χ3n) is 5.74. The Hall–Kier alpha value is -1.98. The average molecular weight is 459 g/mol. The number of amides is 2. The van der Waals surface area contributed by atoms with Gasteiger partial charge in [0, 0.05) is 22.5 Å². The summed E-state index contributed by atoms with van der Waals surface area (Å²) in [6.45, 7) is 4.21. The zero-order valence-corrected chi connectivity index (χ0v) is 19.8. The van der Waals surface area contributed by atoms with Crippen molar-refractivity contribution in [1.29, 1.82) is 0 Å². The molecule has 0 bridgehead atoms. The van der Waals surface area contributed by atoms with E-state index in [2.05, 4.69) is 5.32 Å². The minimum atomic E-state index is -0.549. The highest BCUT2D eigenvalue weighted by molar-refractivity contribution is 8.00. The van der Waals surface area contributed by atoms with E-state index in [1.165, 1.54) is 23.7 Å². The van der Waals surface area contributed by atoms with Crippen LogP contribution in [0.25, 0.3) is 0 Å². The van der Waals surface area contributed by atoms with Crippen LogP contribution in [-0.4, -0.2) is 34.6 Å². The van der Waals surface area contributed by atoms with Crippen molar-refractivity contribution in [3.63, 3.8) is 0 Å². The van der Waals surface area contributed by atoms with Crippen molar-refractivity contribution in [1.82, 2.24) is 10.2 Å². The summed E-state index contributed by atoms with van der Waals surface area (Å²) >= 11 is 7.64. The number of rotatable bonds is 8. The van der Waals surface area contributed by atoms with Gasteiger partial charge in [0.25, 0.3) is 0 Å². The molecule has 166 valence electrons. The summed E-state index contributed by atoms with van der Waals surface area (Å²) < 4.78 is 0. The normalized spacial score (nSPS) is 15.3. The number of benzene rings is 2. The van der Waals surface area contributed by atoms with Crippen LogP contribution in [0.1, 0.15) is 50.2 Å². The van der Waals surface area contributed by atoms with Crippen molar-refractivity contribution in [2.24, 2.45) is 0 Å². The highest BCUT2D eigenvalue weighted by Crippen LogP contribution is 2.22. The molecule has 3 rings (SSSR count). The first-order chi connectivity index (χ1) is 14.9. The van der Waals surface area contributed by atoms with Crippen LogP contribution in [0.5, 0.6) is 0 Å². The zero-order chi connectivity index (χ0) is 22.2. The monoisotopic (exact) mass is 458 g/mol. The van der Waals surface area contributed by atoms with Crippen molar-refractivity contribution in [3.8, 4) is 0 Å². The van der Waals surface area contributed by atoms with E-state index in [9.17, 15) is 9.59 Å². The number of nitrogens with zero attached hydrogens (tertiary/aromatic N) is 1. The van der Waals surface area contributed by atoms with Gasteiger partial charge in [0.05, 0.1) is 5.75 Å².